The highest BCUT2D eigenvalue weighted by Gasteiger charge is 2.07. The van der Waals surface area contributed by atoms with Crippen LogP contribution in [0.4, 0.5) is 0 Å². The quantitative estimate of drug-likeness (QED) is 0.627. The molecule has 1 rings (SSSR count). The second-order valence-electron chi connectivity index (χ2n) is 2.88. The van der Waals surface area contributed by atoms with E-state index in [0.717, 1.165) is 6.04 Å². The first kappa shape index (κ1) is 8.41. The van der Waals surface area contributed by atoms with Gasteiger partial charge < -0.3 is 5.32 Å². The molecule has 1 atom stereocenters. The van der Waals surface area contributed by atoms with Crippen molar-refractivity contribution < 1.29 is 0 Å². The summed E-state index contributed by atoms with van der Waals surface area (Å²) in [4.78, 5) is 0. The fourth-order valence-corrected chi connectivity index (χ4v) is 2.42. The zero-order chi connectivity index (χ0) is 7.23. The molecule has 0 aromatic heterocycles. The summed E-state index contributed by atoms with van der Waals surface area (Å²) < 4.78 is 0. The van der Waals surface area contributed by atoms with Crippen LogP contribution in [0.2, 0.25) is 0 Å². The second kappa shape index (κ2) is 5.03. The minimum atomic E-state index is 0.799. The van der Waals surface area contributed by atoms with E-state index in [1.54, 1.807) is 0 Å². The van der Waals surface area contributed by atoms with Crippen LogP contribution in [0.25, 0.3) is 0 Å². The Labute approximate surface area is 68.0 Å². The fourth-order valence-electron chi connectivity index (χ4n) is 1.36. The van der Waals surface area contributed by atoms with Crippen molar-refractivity contribution in [2.45, 2.75) is 31.7 Å². The van der Waals surface area contributed by atoms with Gasteiger partial charge in [0.1, 0.15) is 0 Å². The molecule has 0 radical (unpaired) electrons. The van der Waals surface area contributed by atoms with Crippen molar-refractivity contribution in [3.05, 3.63) is 0 Å². The van der Waals surface area contributed by atoms with Crippen molar-refractivity contribution in [1.29, 1.82) is 0 Å². The average molecular weight is 159 g/mol. The molecule has 1 heterocycles. The average Bonchev–Trinajstić information content (AvgIpc) is 1.87. The summed E-state index contributed by atoms with van der Waals surface area (Å²) in [6, 6.07) is 0.799. The minimum absolute atomic E-state index is 0.799. The van der Waals surface area contributed by atoms with Crippen molar-refractivity contribution in [3.63, 3.8) is 0 Å². The molecule has 1 unspecified atom stereocenters. The summed E-state index contributed by atoms with van der Waals surface area (Å²) >= 11 is 2.11. The predicted octanol–water partition coefficient (Wildman–Crippen LogP) is 1.88. The molecule has 0 aromatic carbocycles. The molecule has 0 saturated carbocycles. The number of thioether (sulfide) groups is 1. The van der Waals surface area contributed by atoms with Crippen molar-refractivity contribution in [2.24, 2.45) is 0 Å². The topological polar surface area (TPSA) is 12.0 Å². The maximum Gasteiger partial charge on any atom is 0.00719 e. The first-order valence-electron chi connectivity index (χ1n) is 4.18. The van der Waals surface area contributed by atoms with Gasteiger partial charge in [0.2, 0.25) is 0 Å². The first-order valence-corrected chi connectivity index (χ1v) is 5.34. The maximum absolute atomic E-state index is 3.36. The Morgan fingerprint density at radius 1 is 1.20 bits per heavy atom. The fraction of sp³-hybridized carbons (Fsp3) is 1.00. The lowest BCUT2D eigenvalue weighted by molar-refractivity contribution is 0.488. The van der Waals surface area contributed by atoms with Gasteiger partial charge in [0.25, 0.3) is 0 Å². The molecular formula is C8H17NS. The third kappa shape index (κ3) is 2.93. The Balaban J connectivity index is 2.16. The monoisotopic (exact) mass is 159 g/mol. The van der Waals surface area contributed by atoms with Gasteiger partial charge in [-0.1, -0.05) is 6.42 Å². The summed E-state index contributed by atoms with van der Waals surface area (Å²) in [6.07, 6.45) is 5.58. The summed E-state index contributed by atoms with van der Waals surface area (Å²) in [5, 5.41) is 3.36. The molecule has 1 fully saturated rings. The third-order valence-corrected chi connectivity index (χ3v) is 3.21. The van der Waals surface area contributed by atoms with Crippen LogP contribution in [-0.2, 0) is 0 Å². The Morgan fingerprint density at radius 2 is 2.10 bits per heavy atom. The lowest BCUT2D eigenvalue weighted by Crippen LogP contribution is -2.26. The highest BCUT2D eigenvalue weighted by atomic mass is 32.2. The van der Waals surface area contributed by atoms with Crippen molar-refractivity contribution in [1.82, 2.24) is 5.32 Å². The van der Waals surface area contributed by atoms with Gasteiger partial charge in [0, 0.05) is 6.04 Å². The molecule has 1 aliphatic heterocycles. The molecule has 0 spiro atoms. The van der Waals surface area contributed by atoms with Crippen LogP contribution in [-0.4, -0.2) is 24.6 Å². The highest BCUT2D eigenvalue weighted by molar-refractivity contribution is 7.99. The molecule has 2 heteroatoms. The van der Waals surface area contributed by atoms with E-state index in [2.05, 4.69) is 24.1 Å². The van der Waals surface area contributed by atoms with E-state index in [4.69, 9.17) is 0 Å². The van der Waals surface area contributed by atoms with Gasteiger partial charge in [0.15, 0.2) is 0 Å². The highest BCUT2D eigenvalue weighted by Crippen LogP contribution is 2.15. The molecular weight excluding hydrogens is 142 g/mol. The van der Waals surface area contributed by atoms with E-state index in [1.807, 2.05) is 0 Å². The molecule has 1 N–H and O–H groups in total. The van der Waals surface area contributed by atoms with Crippen LogP contribution >= 0.6 is 11.8 Å². The lowest BCUT2D eigenvalue weighted by atomic mass is 10.1. The molecule has 10 heavy (non-hydrogen) atoms. The SMILES string of the molecule is CNC1CCCCSCC1. The molecule has 1 aliphatic rings. The summed E-state index contributed by atoms with van der Waals surface area (Å²) in [6.45, 7) is 0. The second-order valence-corrected chi connectivity index (χ2v) is 4.11. The van der Waals surface area contributed by atoms with Crippen molar-refractivity contribution in [2.75, 3.05) is 18.6 Å². The van der Waals surface area contributed by atoms with Gasteiger partial charge in [0.05, 0.1) is 0 Å². The van der Waals surface area contributed by atoms with E-state index in [0.29, 0.717) is 0 Å². The normalized spacial score (nSPS) is 29.1. The van der Waals surface area contributed by atoms with E-state index in [9.17, 15) is 0 Å². The van der Waals surface area contributed by atoms with E-state index in [-0.39, 0.29) is 0 Å². The van der Waals surface area contributed by atoms with E-state index in [1.165, 1.54) is 37.2 Å². The Bertz CT molecular complexity index is 77.3. The third-order valence-electron chi connectivity index (χ3n) is 2.11. The molecule has 1 saturated heterocycles. The van der Waals surface area contributed by atoms with E-state index < -0.39 is 0 Å². The van der Waals surface area contributed by atoms with Crippen LogP contribution in [0.1, 0.15) is 25.7 Å². The zero-order valence-electron chi connectivity index (χ0n) is 6.73. The van der Waals surface area contributed by atoms with Crippen molar-refractivity contribution >= 4 is 11.8 Å². The summed E-state index contributed by atoms with van der Waals surface area (Å²) in [5.41, 5.74) is 0. The number of hydrogen-bond donors (Lipinski definition) is 1. The molecule has 0 amide bonds. The number of nitrogens with one attached hydrogen (secondary N) is 1. The van der Waals surface area contributed by atoms with Crippen LogP contribution in [0.3, 0.4) is 0 Å². The first-order chi connectivity index (χ1) is 4.93. The zero-order valence-corrected chi connectivity index (χ0v) is 7.54. The molecule has 1 nitrogen and oxygen atoms in total. The number of hydrogen-bond acceptors (Lipinski definition) is 2. The van der Waals surface area contributed by atoms with Gasteiger partial charge in [-0.05, 0) is 37.8 Å². The standard InChI is InChI=1S/C8H17NS/c1-9-8-4-2-3-6-10-7-5-8/h8-9H,2-7H2,1H3. The largest absolute Gasteiger partial charge is 0.317 e. The van der Waals surface area contributed by atoms with Gasteiger partial charge in [-0.2, -0.15) is 11.8 Å². The van der Waals surface area contributed by atoms with Gasteiger partial charge in [-0.25, -0.2) is 0 Å². The Morgan fingerprint density at radius 3 is 2.90 bits per heavy atom. The Hall–Kier alpha value is 0.310. The smallest absolute Gasteiger partial charge is 0.00719 e. The predicted molar refractivity (Wildman–Crippen MR) is 48.6 cm³/mol. The van der Waals surface area contributed by atoms with Gasteiger partial charge in [-0.3, -0.25) is 0 Å². The van der Waals surface area contributed by atoms with Crippen LogP contribution in [0.15, 0.2) is 0 Å². The van der Waals surface area contributed by atoms with Crippen molar-refractivity contribution in [3.8, 4) is 0 Å². The van der Waals surface area contributed by atoms with Gasteiger partial charge in [-0.15, -0.1) is 0 Å². The lowest BCUT2D eigenvalue weighted by Gasteiger charge is -2.18. The molecule has 0 bridgehead atoms. The van der Waals surface area contributed by atoms with Gasteiger partial charge >= 0.3 is 0 Å². The number of rotatable bonds is 1. The van der Waals surface area contributed by atoms with Crippen LogP contribution < -0.4 is 5.32 Å². The van der Waals surface area contributed by atoms with Crippen LogP contribution in [0, 0.1) is 0 Å². The molecule has 0 aliphatic carbocycles. The molecule has 60 valence electrons. The van der Waals surface area contributed by atoms with Crippen LogP contribution in [0.5, 0.6) is 0 Å². The van der Waals surface area contributed by atoms with E-state index >= 15 is 0 Å². The maximum atomic E-state index is 3.36. The summed E-state index contributed by atoms with van der Waals surface area (Å²) in [5.74, 6) is 2.74. The minimum Gasteiger partial charge on any atom is -0.317 e. The Kier molecular flexibility index (Phi) is 4.23. The molecule has 0 aromatic rings. The summed E-state index contributed by atoms with van der Waals surface area (Å²) in [7, 11) is 2.08.